The van der Waals surface area contributed by atoms with Crippen molar-refractivity contribution in [1.82, 2.24) is 5.32 Å². The second-order valence-electron chi connectivity index (χ2n) is 7.04. The van der Waals surface area contributed by atoms with E-state index in [1.54, 1.807) is 48.5 Å². The number of benzene rings is 2. The Hall–Kier alpha value is -2.86. The van der Waals surface area contributed by atoms with Gasteiger partial charge >= 0.3 is 0 Å². The smallest absolute Gasteiger partial charge is 0.255 e. The third-order valence-electron chi connectivity index (χ3n) is 4.42. The van der Waals surface area contributed by atoms with E-state index in [0.717, 1.165) is 19.4 Å². The first-order valence-corrected chi connectivity index (χ1v) is 9.60. The maximum Gasteiger partial charge on any atom is 0.255 e. The Bertz CT molecular complexity index is 812. The van der Waals surface area contributed by atoms with Crippen LogP contribution in [0.2, 0.25) is 0 Å². The highest BCUT2D eigenvalue weighted by molar-refractivity contribution is 6.09. The molecule has 0 bridgehead atoms. The number of carbonyl (C=O) groups excluding carboxylic acids is 2. The van der Waals surface area contributed by atoms with Crippen LogP contribution in [0.25, 0.3) is 0 Å². The number of para-hydroxylation sites is 1. The summed E-state index contributed by atoms with van der Waals surface area (Å²) in [6.45, 7) is 5.11. The van der Waals surface area contributed by atoms with Crippen molar-refractivity contribution in [3.05, 3.63) is 59.7 Å². The van der Waals surface area contributed by atoms with Gasteiger partial charge in [-0.2, -0.15) is 0 Å². The molecule has 1 saturated heterocycles. The quantitative estimate of drug-likeness (QED) is 0.767. The predicted molar refractivity (Wildman–Crippen MR) is 108 cm³/mol. The Morgan fingerprint density at radius 3 is 2.54 bits per heavy atom. The van der Waals surface area contributed by atoms with E-state index in [1.165, 1.54) is 0 Å². The summed E-state index contributed by atoms with van der Waals surface area (Å²) in [6.07, 6.45) is 2.11. The summed E-state index contributed by atoms with van der Waals surface area (Å²) in [4.78, 5) is 25.1. The number of hydrogen-bond acceptors (Lipinski definition) is 4. The third-order valence-corrected chi connectivity index (χ3v) is 4.42. The van der Waals surface area contributed by atoms with Gasteiger partial charge in [-0.25, -0.2) is 0 Å². The van der Waals surface area contributed by atoms with Crippen molar-refractivity contribution in [2.75, 3.05) is 18.5 Å². The van der Waals surface area contributed by atoms with Crippen LogP contribution in [0, 0.1) is 0 Å². The molecular weight excluding hydrogens is 356 g/mol. The molecule has 28 heavy (non-hydrogen) atoms. The number of amides is 2. The summed E-state index contributed by atoms with van der Waals surface area (Å²) in [5.74, 6) is 0.197. The highest BCUT2D eigenvalue weighted by Crippen LogP contribution is 2.19. The molecule has 0 spiro atoms. The lowest BCUT2D eigenvalue weighted by Crippen LogP contribution is -2.32. The van der Waals surface area contributed by atoms with Crippen LogP contribution in [-0.2, 0) is 4.74 Å². The van der Waals surface area contributed by atoms with E-state index in [-0.39, 0.29) is 24.0 Å². The van der Waals surface area contributed by atoms with Crippen LogP contribution < -0.4 is 15.4 Å². The number of rotatable bonds is 7. The third kappa shape index (κ3) is 5.33. The van der Waals surface area contributed by atoms with Gasteiger partial charge in [-0.05, 0) is 63.1 Å². The summed E-state index contributed by atoms with van der Waals surface area (Å²) in [7, 11) is 0. The Kier molecular flexibility index (Phi) is 6.66. The van der Waals surface area contributed by atoms with E-state index in [9.17, 15) is 9.59 Å². The molecule has 6 heteroatoms. The SMILES string of the molecule is CC(C)Oc1ccc(C(=O)Nc2ccccc2C(=O)NC[C@H]2CCCO2)cc1. The molecule has 3 rings (SSSR count). The van der Waals surface area contributed by atoms with Crippen LogP contribution in [0.3, 0.4) is 0 Å². The minimum Gasteiger partial charge on any atom is -0.491 e. The van der Waals surface area contributed by atoms with Crippen LogP contribution >= 0.6 is 0 Å². The first-order chi connectivity index (χ1) is 13.5. The van der Waals surface area contributed by atoms with Crippen molar-refractivity contribution in [1.29, 1.82) is 0 Å². The van der Waals surface area contributed by atoms with Crippen LogP contribution in [0.5, 0.6) is 5.75 Å². The maximum absolute atomic E-state index is 12.6. The number of hydrogen-bond donors (Lipinski definition) is 2. The van der Waals surface area contributed by atoms with Gasteiger partial charge in [0.05, 0.1) is 23.5 Å². The predicted octanol–water partition coefficient (Wildman–Crippen LogP) is 3.63. The lowest BCUT2D eigenvalue weighted by atomic mass is 10.1. The topological polar surface area (TPSA) is 76.7 Å². The van der Waals surface area contributed by atoms with Crippen LogP contribution in [0.15, 0.2) is 48.5 Å². The molecule has 0 radical (unpaired) electrons. The molecule has 0 saturated carbocycles. The van der Waals surface area contributed by atoms with Crippen molar-refractivity contribution >= 4 is 17.5 Å². The number of nitrogens with one attached hydrogen (secondary N) is 2. The molecule has 2 N–H and O–H groups in total. The highest BCUT2D eigenvalue weighted by Gasteiger charge is 2.18. The van der Waals surface area contributed by atoms with Gasteiger partial charge in [0.1, 0.15) is 5.75 Å². The zero-order valence-corrected chi connectivity index (χ0v) is 16.2. The summed E-state index contributed by atoms with van der Waals surface area (Å²) in [5, 5.41) is 5.71. The molecule has 2 aromatic carbocycles. The molecule has 1 aliphatic rings. The lowest BCUT2D eigenvalue weighted by Gasteiger charge is -2.14. The molecule has 1 fully saturated rings. The fraction of sp³-hybridized carbons (Fsp3) is 0.364. The van der Waals surface area contributed by atoms with E-state index in [0.29, 0.717) is 29.1 Å². The molecule has 1 heterocycles. The fourth-order valence-electron chi connectivity index (χ4n) is 3.05. The maximum atomic E-state index is 12.6. The van der Waals surface area contributed by atoms with Gasteiger partial charge in [-0.1, -0.05) is 12.1 Å². The number of carbonyl (C=O) groups is 2. The minimum atomic E-state index is -0.282. The van der Waals surface area contributed by atoms with Crippen LogP contribution in [-0.4, -0.2) is 37.2 Å². The summed E-state index contributed by atoms with van der Waals surface area (Å²) < 4.78 is 11.1. The van der Waals surface area contributed by atoms with Gasteiger partial charge in [0.15, 0.2) is 0 Å². The van der Waals surface area contributed by atoms with Gasteiger partial charge in [0, 0.05) is 18.7 Å². The molecule has 0 unspecified atom stereocenters. The molecule has 2 aromatic rings. The number of ether oxygens (including phenoxy) is 2. The van der Waals surface area contributed by atoms with Crippen molar-refractivity contribution in [3.63, 3.8) is 0 Å². The second kappa shape index (κ2) is 9.37. The first-order valence-electron chi connectivity index (χ1n) is 9.60. The average molecular weight is 382 g/mol. The Morgan fingerprint density at radius 2 is 1.86 bits per heavy atom. The van der Waals surface area contributed by atoms with E-state index >= 15 is 0 Å². The van der Waals surface area contributed by atoms with Crippen molar-refractivity contribution in [2.24, 2.45) is 0 Å². The standard InChI is InChI=1S/C22H26N2O4/c1-15(2)28-17-11-9-16(10-12-17)21(25)24-20-8-4-3-7-19(20)22(26)23-14-18-6-5-13-27-18/h3-4,7-12,15,18H,5-6,13-14H2,1-2H3,(H,23,26)(H,24,25)/t18-/m1/s1. The minimum absolute atomic E-state index is 0.0669. The fourth-order valence-corrected chi connectivity index (χ4v) is 3.05. The molecule has 0 aliphatic carbocycles. The van der Waals surface area contributed by atoms with Gasteiger partial charge in [-0.3, -0.25) is 9.59 Å². The second-order valence-corrected chi connectivity index (χ2v) is 7.04. The Morgan fingerprint density at radius 1 is 1.11 bits per heavy atom. The summed E-state index contributed by atoms with van der Waals surface area (Å²) >= 11 is 0. The summed E-state index contributed by atoms with van der Waals surface area (Å²) in [5.41, 5.74) is 1.39. The molecule has 2 amide bonds. The summed E-state index contributed by atoms with van der Waals surface area (Å²) in [6, 6.07) is 13.9. The van der Waals surface area contributed by atoms with E-state index < -0.39 is 0 Å². The zero-order valence-electron chi connectivity index (χ0n) is 16.2. The van der Waals surface area contributed by atoms with Crippen molar-refractivity contribution in [2.45, 2.75) is 38.9 Å². The Labute approximate surface area is 165 Å². The van der Waals surface area contributed by atoms with E-state index in [2.05, 4.69) is 10.6 Å². The molecule has 148 valence electrons. The average Bonchev–Trinajstić information content (AvgIpc) is 3.20. The molecule has 1 aliphatic heterocycles. The van der Waals surface area contributed by atoms with Gasteiger partial charge < -0.3 is 20.1 Å². The molecule has 6 nitrogen and oxygen atoms in total. The van der Waals surface area contributed by atoms with Crippen molar-refractivity contribution < 1.29 is 19.1 Å². The highest BCUT2D eigenvalue weighted by atomic mass is 16.5. The zero-order chi connectivity index (χ0) is 19.9. The molecule has 0 aromatic heterocycles. The first kappa shape index (κ1) is 19.9. The van der Waals surface area contributed by atoms with Gasteiger partial charge in [0.2, 0.25) is 0 Å². The molecular formula is C22H26N2O4. The van der Waals surface area contributed by atoms with Gasteiger partial charge in [0.25, 0.3) is 11.8 Å². The normalized spacial score (nSPS) is 16.0. The van der Waals surface area contributed by atoms with E-state index in [4.69, 9.17) is 9.47 Å². The monoisotopic (exact) mass is 382 g/mol. The van der Waals surface area contributed by atoms with Crippen molar-refractivity contribution in [3.8, 4) is 5.75 Å². The largest absolute Gasteiger partial charge is 0.491 e. The van der Waals surface area contributed by atoms with Crippen LogP contribution in [0.1, 0.15) is 47.4 Å². The Balaban J connectivity index is 1.64. The number of anilines is 1. The van der Waals surface area contributed by atoms with Crippen LogP contribution in [0.4, 0.5) is 5.69 Å². The molecule has 1 atom stereocenters. The van der Waals surface area contributed by atoms with E-state index in [1.807, 2.05) is 13.8 Å². The van der Waals surface area contributed by atoms with Gasteiger partial charge in [-0.15, -0.1) is 0 Å². The lowest BCUT2D eigenvalue weighted by molar-refractivity contribution is 0.0858.